The van der Waals surface area contributed by atoms with Crippen LogP contribution in [-0.4, -0.2) is 40.8 Å². The van der Waals surface area contributed by atoms with Crippen molar-refractivity contribution in [1.82, 2.24) is 9.88 Å². The molecule has 1 atom stereocenters. The van der Waals surface area contributed by atoms with Crippen LogP contribution in [0, 0.1) is 0 Å². The highest BCUT2D eigenvalue weighted by molar-refractivity contribution is 6.34. The summed E-state index contributed by atoms with van der Waals surface area (Å²) >= 11 is 11.6. The van der Waals surface area contributed by atoms with Gasteiger partial charge < -0.3 is 10.6 Å². The molecule has 20 heavy (non-hydrogen) atoms. The monoisotopic (exact) mass is 323 g/mol. The minimum absolute atomic E-state index is 0.0732. The van der Waals surface area contributed by atoms with Crippen LogP contribution < -0.4 is 5.73 Å². The van der Waals surface area contributed by atoms with E-state index < -0.39 is 24.4 Å². The highest BCUT2D eigenvalue weighted by atomic mass is 35.5. The Morgan fingerprint density at radius 1 is 1.50 bits per heavy atom. The zero-order valence-corrected chi connectivity index (χ0v) is 12.0. The lowest BCUT2D eigenvalue weighted by Gasteiger charge is -2.38. The van der Waals surface area contributed by atoms with Crippen LogP contribution in [0.1, 0.15) is 23.3 Å². The van der Waals surface area contributed by atoms with Crippen LogP contribution in [0.15, 0.2) is 12.1 Å². The van der Waals surface area contributed by atoms with Crippen LogP contribution in [0.2, 0.25) is 10.2 Å². The number of carbonyl (C=O) groups excluding carboxylic acids is 1. The number of piperidine rings is 1. The number of nitrogens with zero attached hydrogens (tertiary/aromatic N) is 2. The Hall–Kier alpha value is -0.980. The molecule has 1 aromatic rings. The fourth-order valence-corrected chi connectivity index (χ4v) is 2.51. The molecule has 0 bridgehead atoms. The lowest BCUT2D eigenvalue weighted by atomic mass is 9.99. The smallest absolute Gasteiger partial charge is 0.274 e. The van der Waals surface area contributed by atoms with Crippen molar-refractivity contribution in [1.29, 1.82) is 0 Å². The van der Waals surface area contributed by atoms with E-state index in [1.807, 2.05) is 0 Å². The quantitative estimate of drug-likeness (QED) is 0.851. The molecule has 8 heteroatoms. The van der Waals surface area contributed by atoms with Crippen LogP contribution in [0.4, 0.5) is 8.78 Å². The van der Waals surface area contributed by atoms with E-state index in [0.717, 1.165) is 4.90 Å². The normalized spacial score (nSPS) is 21.9. The largest absolute Gasteiger partial charge is 0.328 e. The third kappa shape index (κ3) is 3.19. The molecule has 110 valence electrons. The molecule has 1 aromatic heterocycles. The van der Waals surface area contributed by atoms with Crippen molar-refractivity contribution in [2.24, 2.45) is 5.73 Å². The molecule has 4 nitrogen and oxygen atoms in total. The maximum atomic E-state index is 13.5. The summed E-state index contributed by atoms with van der Waals surface area (Å²) in [6.07, 6.45) is -0.136. The molecule has 1 aliphatic rings. The summed E-state index contributed by atoms with van der Waals surface area (Å²) in [4.78, 5) is 17.2. The first-order valence-electron chi connectivity index (χ1n) is 6.05. The number of amides is 1. The summed E-state index contributed by atoms with van der Waals surface area (Å²) in [6.45, 7) is -0.571. The van der Waals surface area contributed by atoms with E-state index in [9.17, 15) is 13.6 Å². The fraction of sp³-hybridized carbons (Fsp3) is 0.500. The third-order valence-corrected chi connectivity index (χ3v) is 3.75. The van der Waals surface area contributed by atoms with E-state index >= 15 is 0 Å². The van der Waals surface area contributed by atoms with Crippen LogP contribution >= 0.6 is 23.2 Å². The Morgan fingerprint density at radius 3 is 2.85 bits per heavy atom. The Bertz CT molecular complexity index is 527. The van der Waals surface area contributed by atoms with E-state index in [4.69, 9.17) is 28.9 Å². The first-order valence-corrected chi connectivity index (χ1v) is 6.80. The van der Waals surface area contributed by atoms with Crippen LogP contribution in [0.5, 0.6) is 0 Å². The molecular weight excluding hydrogens is 311 g/mol. The summed E-state index contributed by atoms with van der Waals surface area (Å²) in [6, 6.07) is 2.38. The third-order valence-electron chi connectivity index (χ3n) is 3.23. The highest BCUT2D eigenvalue weighted by Crippen LogP contribution is 2.31. The summed E-state index contributed by atoms with van der Waals surface area (Å²) in [5.41, 5.74) is 5.42. The predicted molar refractivity (Wildman–Crippen MR) is 72.3 cm³/mol. The zero-order valence-electron chi connectivity index (χ0n) is 10.5. The number of alkyl halides is 2. The molecule has 0 spiro atoms. The number of carbonyl (C=O) groups is 1. The van der Waals surface area contributed by atoms with E-state index in [-0.39, 0.29) is 35.3 Å². The molecule has 0 aromatic carbocycles. The molecule has 2 heterocycles. The highest BCUT2D eigenvalue weighted by Gasteiger charge is 2.42. The van der Waals surface area contributed by atoms with Gasteiger partial charge in [0, 0.05) is 19.0 Å². The molecule has 1 amide bonds. The molecule has 2 rings (SSSR count). The number of likely N-dealkylation sites (tertiary alicyclic amines) is 1. The number of hydrogen-bond donors (Lipinski definition) is 1. The second-order valence-electron chi connectivity index (χ2n) is 4.68. The first-order chi connectivity index (χ1) is 9.34. The van der Waals surface area contributed by atoms with Gasteiger partial charge in [-0.1, -0.05) is 23.2 Å². The lowest BCUT2D eigenvalue weighted by Crippen LogP contribution is -2.54. The zero-order chi connectivity index (χ0) is 14.9. The second kappa shape index (κ2) is 5.79. The van der Waals surface area contributed by atoms with Gasteiger partial charge in [0.15, 0.2) is 0 Å². The van der Waals surface area contributed by atoms with Crippen molar-refractivity contribution in [3.63, 3.8) is 0 Å². The van der Waals surface area contributed by atoms with Gasteiger partial charge in [-0.05, 0) is 18.6 Å². The van der Waals surface area contributed by atoms with Gasteiger partial charge >= 0.3 is 0 Å². The van der Waals surface area contributed by atoms with Crippen LogP contribution in [-0.2, 0) is 0 Å². The van der Waals surface area contributed by atoms with Gasteiger partial charge in [0.05, 0.1) is 11.6 Å². The van der Waals surface area contributed by atoms with Gasteiger partial charge in [-0.2, -0.15) is 0 Å². The number of pyridine rings is 1. The summed E-state index contributed by atoms with van der Waals surface area (Å²) < 4.78 is 27.0. The van der Waals surface area contributed by atoms with E-state index in [0.29, 0.717) is 0 Å². The molecule has 1 aliphatic heterocycles. The Kier molecular flexibility index (Phi) is 4.46. The van der Waals surface area contributed by atoms with Crippen molar-refractivity contribution in [3.05, 3.63) is 28.0 Å². The van der Waals surface area contributed by atoms with Crippen LogP contribution in [0.3, 0.4) is 0 Å². The van der Waals surface area contributed by atoms with Crippen molar-refractivity contribution in [2.45, 2.75) is 24.8 Å². The molecule has 0 radical (unpaired) electrons. The number of halogens is 4. The van der Waals surface area contributed by atoms with Gasteiger partial charge in [-0.3, -0.25) is 4.79 Å². The summed E-state index contributed by atoms with van der Waals surface area (Å²) in [7, 11) is 0. The van der Waals surface area contributed by atoms with Gasteiger partial charge in [-0.25, -0.2) is 13.8 Å². The van der Waals surface area contributed by atoms with Gasteiger partial charge in [-0.15, -0.1) is 0 Å². The lowest BCUT2D eigenvalue weighted by molar-refractivity contribution is -0.0708. The minimum Gasteiger partial charge on any atom is -0.328 e. The predicted octanol–water partition coefficient (Wildman–Crippen LogP) is 2.59. The van der Waals surface area contributed by atoms with E-state index in [1.54, 1.807) is 0 Å². The topological polar surface area (TPSA) is 59.2 Å². The molecule has 1 unspecified atom stereocenters. The van der Waals surface area contributed by atoms with E-state index in [2.05, 4.69) is 4.98 Å². The molecule has 0 aliphatic carbocycles. The average Bonchev–Trinajstić information content (AvgIpc) is 2.40. The maximum absolute atomic E-state index is 13.5. The van der Waals surface area contributed by atoms with Crippen LogP contribution in [0.25, 0.3) is 0 Å². The number of rotatable bonds is 2. The summed E-state index contributed by atoms with van der Waals surface area (Å²) in [5.74, 6) is -3.60. The molecule has 1 fully saturated rings. The Morgan fingerprint density at radius 2 is 2.20 bits per heavy atom. The fourth-order valence-electron chi connectivity index (χ4n) is 2.18. The molecule has 0 saturated carbocycles. The number of aromatic nitrogens is 1. The van der Waals surface area contributed by atoms with Crippen molar-refractivity contribution in [3.8, 4) is 0 Å². The molecular formula is C12H13Cl2F2N3O. The summed E-state index contributed by atoms with van der Waals surface area (Å²) in [5, 5.41) is 0.148. The van der Waals surface area contributed by atoms with Gasteiger partial charge in [0.2, 0.25) is 0 Å². The first kappa shape index (κ1) is 15.4. The van der Waals surface area contributed by atoms with Crippen molar-refractivity contribution < 1.29 is 13.6 Å². The second-order valence-corrected chi connectivity index (χ2v) is 5.48. The van der Waals surface area contributed by atoms with Gasteiger partial charge in [0.1, 0.15) is 10.8 Å². The van der Waals surface area contributed by atoms with Gasteiger partial charge in [0.25, 0.3) is 11.8 Å². The van der Waals surface area contributed by atoms with Crippen molar-refractivity contribution >= 4 is 29.1 Å². The number of hydrogen-bond acceptors (Lipinski definition) is 3. The maximum Gasteiger partial charge on any atom is 0.274 e. The SMILES string of the molecule is NCC1CCC(F)(F)CN1C(=O)c1nc(Cl)ccc1Cl. The molecule has 2 N–H and O–H groups in total. The number of nitrogens with two attached hydrogens (primary N) is 1. The van der Waals surface area contributed by atoms with Crippen molar-refractivity contribution in [2.75, 3.05) is 13.1 Å². The minimum atomic E-state index is -2.92. The Labute approximate surface area is 124 Å². The average molecular weight is 324 g/mol. The standard InChI is InChI=1S/C12H13Cl2F2N3O/c13-8-1-2-9(14)18-10(8)11(20)19-6-12(15,16)4-3-7(19)5-17/h1-2,7H,3-6,17H2. The molecule has 1 saturated heterocycles. The van der Waals surface area contributed by atoms with E-state index in [1.165, 1.54) is 12.1 Å². The Balaban J connectivity index is 2.31.